The SMILES string of the molecule is Cn1nc(C(F)(F)F)c(CS(=O)(=O)C2=NOC(C)(C)C2)c1OC(F)F.[H-].[Na+]. The zero-order chi connectivity index (χ0) is 19.2. The van der Waals surface area contributed by atoms with E-state index >= 15 is 0 Å². The van der Waals surface area contributed by atoms with Crippen molar-refractivity contribution in [3.8, 4) is 5.88 Å². The largest absolute Gasteiger partial charge is 1.00 e. The van der Waals surface area contributed by atoms with Crippen molar-refractivity contribution in [2.24, 2.45) is 12.2 Å². The summed E-state index contributed by atoms with van der Waals surface area (Å²) < 4.78 is 93.4. The van der Waals surface area contributed by atoms with Crippen molar-refractivity contribution in [3.63, 3.8) is 0 Å². The molecule has 0 saturated carbocycles. The second kappa shape index (κ2) is 7.60. The van der Waals surface area contributed by atoms with E-state index in [2.05, 4.69) is 15.0 Å². The van der Waals surface area contributed by atoms with Crippen LogP contribution < -0.4 is 34.3 Å². The number of ether oxygens (including phenoxy) is 1. The first kappa shape index (κ1) is 23.1. The number of sulfone groups is 1. The Balaban J connectivity index is 0.00000338. The summed E-state index contributed by atoms with van der Waals surface area (Å²) in [5, 5.41) is 5.97. The fourth-order valence-corrected chi connectivity index (χ4v) is 3.71. The molecule has 26 heavy (non-hydrogen) atoms. The third-order valence-electron chi connectivity index (χ3n) is 3.22. The van der Waals surface area contributed by atoms with Crippen molar-refractivity contribution < 1.29 is 70.9 Å². The maximum absolute atomic E-state index is 13.1. The molecule has 0 saturated heterocycles. The Labute approximate surface area is 169 Å². The van der Waals surface area contributed by atoms with E-state index in [1.54, 1.807) is 0 Å². The van der Waals surface area contributed by atoms with Gasteiger partial charge < -0.3 is 11.0 Å². The molecule has 0 bridgehead atoms. The van der Waals surface area contributed by atoms with Crippen LogP contribution in [0.1, 0.15) is 33.0 Å². The van der Waals surface area contributed by atoms with Gasteiger partial charge in [0.1, 0.15) is 5.60 Å². The summed E-state index contributed by atoms with van der Waals surface area (Å²) in [5.41, 5.74) is -3.57. The molecule has 0 spiro atoms. The molecule has 2 heterocycles. The Hall–Kier alpha value is -0.920. The quantitative estimate of drug-likeness (QED) is 0.493. The van der Waals surface area contributed by atoms with Gasteiger partial charge in [-0.25, -0.2) is 13.1 Å². The standard InChI is InChI=1S/C12H14F5N3O4S.Na.H/c1-11(2)4-7(19-24-11)25(21,22)5-6-8(12(15,16)17)18-20(3)9(6)23-10(13)14;;/h10H,4-5H2,1-3H3;;/q;+1;-1. The van der Waals surface area contributed by atoms with Crippen molar-refractivity contribution >= 4 is 14.9 Å². The molecule has 0 aromatic carbocycles. The molecular formula is C12H15F5N3NaO4S. The number of hydrogen-bond donors (Lipinski definition) is 0. The third-order valence-corrected chi connectivity index (χ3v) is 4.83. The topological polar surface area (TPSA) is 82.8 Å². The molecule has 1 aliphatic rings. The first-order valence-electron chi connectivity index (χ1n) is 6.78. The number of nitrogens with zero attached hydrogens (tertiary/aromatic N) is 3. The van der Waals surface area contributed by atoms with Gasteiger partial charge in [0, 0.05) is 13.5 Å². The van der Waals surface area contributed by atoms with Gasteiger partial charge in [-0.05, 0) is 13.8 Å². The van der Waals surface area contributed by atoms with Crippen LogP contribution in [0, 0.1) is 0 Å². The van der Waals surface area contributed by atoms with Crippen LogP contribution >= 0.6 is 0 Å². The van der Waals surface area contributed by atoms with Crippen LogP contribution in [0.2, 0.25) is 0 Å². The number of rotatable bonds is 4. The summed E-state index contributed by atoms with van der Waals surface area (Å²) in [7, 11) is -3.43. The van der Waals surface area contributed by atoms with Crippen molar-refractivity contribution in [1.29, 1.82) is 0 Å². The molecule has 0 fully saturated rings. The predicted molar refractivity (Wildman–Crippen MR) is 75.8 cm³/mol. The molecule has 1 aromatic heterocycles. The summed E-state index contributed by atoms with van der Waals surface area (Å²) in [6.07, 6.45) is -5.22. The van der Waals surface area contributed by atoms with Crippen molar-refractivity contribution in [2.75, 3.05) is 0 Å². The van der Waals surface area contributed by atoms with E-state index in [1.165, 1.54) is 13.8 Å². The maximum atomic E-state index is 13.1. The van der Waals surface area contributed by atoms with Gasteiger partial charge >= 0.3 is 42.3 Å². The van der Waals surface area contributed by atoms with E-state index < -0.39 is 56.2 Å². The van der Waals surface area contributed by atoms with E-state index in [0.717, 1.165) is 7.05 Å². The molecule has 0 N–H and O–H groups in total. The van der Waals surface area contributed by atoms with Gasteiger partial charge in [-0.3, -0.25) is 0 Å². The molecule has 0 unspecified atom stereocenters. The monoisotopic (exact) mass is 415 g/mol. The molecule has 0 atom stereocenters. The van der Waals surface area contributed by atoms with E-state index in [4.69, 9.17) is 4.84 Å². The van der Waals surface area contributed by atoms with Crippen LogP contribution in [0.3, 0.4) is 0 Å². The molecule has 7 nitrogen and oxygen atoms in total. The Morgan fingerprint density at radius 3 is 2.38 bits per heavy atom. The van der Waals surface area contributed by atoms with Gasteiger partial charge in [0.2, 0.25) is 5.88 Å². The number of oxime groups is 1. The normalized spacial score (nSPS) is 16.9. The molecule has 14 heteroatoms. The summed E-state index contributed by atoms with van der Waals surface area (Å²) in [4.78, 5) is 4.89. The Bertz CT molecular complexity index is 811. The Morgan fingerprint density at radius 1 is 1.38 bits per heavy atom. The second-order valence-corrected chi connectivity index (χ2v) is 7.89. The molecule has 0 amide bonds. The molecule has 1 aromatic rings. The predicted octanol–water partition coefficient (Wildman–Crippen LogP) is -0.416. The Kier molecular flexibility index (Phi) is 6.76. The minimum Gasteiger partial charge on any atom is -1.00 e. The molecular weight excluding hydrogens is 400 g/mol. The number of aryl methyl sites for hydroxylation is 1. The molecule has 2 rings (SSSR count). The molecule has 0 aliphatic carbocycles. The second-order valence-electron chi connectivity index (χ2n) is 5.90. The van der Waals surface area contributed by atoms with Crippen LogP contribution in [0.5, 0.6) is 5.88 Å². The summed E-state index contributed by atoms with van der Waals surface area (Å²) in [6.45, 7) is -0.380. The van der Waals surface area contributed by atoms with E-state index in [9.17, 15) is 30.4 Å². The van der Waals surface area contributed by atoms with Gasteiger partial charge in [0.05, 0.1) is 11.3 Å². The first-order valence-corrected chi connectivity index (χ1v) is 8.44. The third kappa shape index (κ3) is 5.08. The summed E-state index contributed by atoms with van der Waals surface area (Å²) >= 11 is 0. The smallest absolute Gasteiger partial charge is 1.00 e. The van der Waals surface area contributed by atoms with Gasteiger partial charge in [-0.15, -0.1) is 0 Å². The number of aromatic nitrogens is 2. The van der Waals surface area contributed by atoms with Gasteiger partial charge in [-0.1, -0.05) is 5.16 Å². The van der Waals surface area contributed by atoms with Crippen molar-refractivity contribution in [1.82, 2.24) is 9.78 Å². The molecule has 144 valence electrons. The van der Waals surface area contributed by atoms with Gasteiger partial charge in [-0.2, -0.15) is 27.1 Å². The zero-order valence-corrected chi connectivity index (χ0v) is 17.1. The minimum atomic E-state index is -5.06. The number of alkyl halides is 5. The van der Waals surface area contributed by atoms with E-state index in [-0.39, 0.29) is 37.4 Å². The van der Waals surface area contributed by atoms with Gasteiger partial charge in [0.25, 0.3) is 0 Å². The van der Waals surface area contributed by atoms with Crippen LogP contribution in [-0.4, -0.2) is 35.5 Å². The van der Waals surface area contributed by atoms with Crippen LogP contribution in [0.25, 0.3) is 0 Å². The minimum absolute atomic E-state index is 0. The molecule has 1 aliphatic heterocycles. The molecule has 0 radical (unpaired) electrons. The average Bonchev–Trinajstić information content (AvgIpc) is 2.92. The maximum Gasteiger partial charge on any atom is 1.00 e. The van der Waals surface area contributed by atoms with Crippen molar-refractivity contribution in [2.45, 2.75) is 44.4 Å². The summed E-state index contributed by atoms with van der Waals surface area (Å²) in [5.74, 6) is -2.24. The van der Waals surface area contributed by atoms with Crippen LogP contribution in [-0.2, 0) is 33.7 Å². The van der Waals surface area contributed by atoms with Crippen molar-refractivity contribution in [3.05, 3.63) is 11.3 Å². The average molecular weight is 415 g/mol. The van der Waals surface area contributed by atoms with Gasteiger partial charge in [0.15, 0.2) is 20.6 Å². The number of halogens is 5. The first-order chi connectivity index (χ1) is 11.2. The fraction of sp³-hybridized carbons (Fsp3) is 0.667. The zero-order valence-electron chi connectivity index (χ0n) is 15.3. The number of hydrogen-bond acceptors (Lipinski definition) is 6. The fourth-order valence-electron chi connectivity index (χ4n) is 2.19. The summed E-state index contributed by atoms with van der Waals surface area (Å²) in [6, 6.07) is 0. The van der Waals surface area contributed by atoms with Crippen LogP contribution in [0.15, 0.2) is 5.16 Å². The van der Waals surface area contributed by atoms with E-state index in [0.29, 0.717) is 4.68 Å². The Morgan fingerprint density at radius 2 is 1.96 bits per heavy atom. The van der Waals surface area contributed by atoms with E-state index in [1.807, 2.05) is 0 Å². The van der Waals surface area contributed by atoms with Crippen LogP contribution in [0.4, 0.5) is 22.0 Å².